The molecule has 8 heteroatoms. The van der Waals surface area contributed by atoms with Crippen LogP contribution in [0.3, 0.4) is 0 Å². The summed E-state index contributed by atoms with van der Waals surface area (Å²) in [6, 6.07) is 16.4. The Balaban J connectivity index is 1.10. The Bertz CT molecular complexity index is 1000. The van der Waals surface area contributed by atoms with Crippen LogP contribution in [0.1, 0.15) is 42.7 Å². The highest BCUT2D eigenvalue weighted by molar-refractivity contribution is 5.79. The summed E-state index contributed by atoms with van der Waals surface area (Å²) in [7, 11) is 0. The number of hydrogen-bond acceptors (Lipinski definition) is 5. The first-order valence-corrected chi connectivity index (χ1v) is 12.2. The van der Waals surface area contributed by atoms with Crippen LogP contribution < -0.4 is 5.32 Å². The maximum atomic E-state index is 12.3. The maximum absolute atomic E-state index is 12.3. The first-order valence-electron chi connectivity index (χ1n) is 12.2. The van der Waals surface area contributed by atoms with Gasteiger partial charge in [-0.3, -0.25) is 9.59 Å². The minimum absolute atomic E-state index is 0.0169. The number of hydrogen-bond donors (Lipinski definition) is 2. The van der Waals surface area contributed by atoms with Crippen LogP contribution in [-0.4, -0.2) is 67.4 Å². The van der Waals surface area contributed by atoms with Crippen molar-refractivity contribution >= 4 is 18.0 Å². The molecule has 1 aliphatic heterocycles. The molecule has 0 spiro atoms. The van der Waals surface area contributed by atoms with Crippen LogP contribution in [0, 0.1) is 5.92 Å². The Labute approximate surface area is 205 Å². The van der Waals surface area contributed by atoms with Crippen molar-refractivity contribution in [1.29, 1.82) is 0 Å². The van der Waals surface area contributed by atoms with Crippen molar-refractivity contribution in [3.8, 4) is 11.1 Å². The third-order valence-electron chi connectivity index (χ3n) is 6.75. The van der Waals surface area contributed by atoms with E-state index in [-0.39, 0.29) is 50.4 Å². The first kappa shape index (κ1) is 24.7. The van der Waals surface area contributed by atoms with Crippen LogP contribution in [0.2, 0.25) is 0 Å². The lowest BCUT2D eigenvalue weighted by Crippen LogP contribution is -2.39. The van der Waals surface area contributed by atoms with Crippen molar-refractivity contribution in [2.24, 2.45) is 5.92 Å². The second-order valence-electron chi connectivity index (χ2n) is 9.04. The summed E-state index contributed by atoms with van der Waals surface area (Å²) >= 11 is 0. The van der Waals surface area contributed by atoms with E-state index in [0.29, 0.717) is 19.6 Å². The lowest BCUT2D eigenvalue weighted by atomic mass is 9.93. The predicted octanol–water partition coefficient (Wildman–Crippen LogP) is 3.65. The second kappa shape index (κ2) is 11.8. The van der Waals surface area contributed by atoms with Gasteiger partial charge in [-0.1, -0.05) is 48.5 Å². The molecule has 186 valence electrons. The molecule has 2 amide bonds. The highest BCUT2D eigenvalue weighted by atomic mass is 16.5. The Morgan fingerprint density at radius 3 is 2.20 bits per heavy atom. The molecule has 0 aromatic heterocycles. The predicted molar refractivity (Wildman–Crippen MR) is 130 cm³/mol. The topological polar surface area (TPSA) is 105 Å². The van der Waals surface area contributed by atoms with E-state index in [1.54, 1.807) is 4.90 Å². The Kier molecular flexibility index (Phi) is 8.36. The molecule has 0 radical (unpaired) electrons. The van der Waals surface area contributed by atoms with Gasteiger partial charge in [0.25, 0.3) is 0 Å². The van der Waals surface area contributed by atoms with Gasteiger partial charge in [-0.2, -0.15) is 0 Å². The average Bonchev–Trinajstić information content (AvgIpc) is 3.18. The van der Waals surface area contributed by atoms with Gasteiger partial charge in [0.05, 0.1) is 19.6 Å². The van der Waals surface area contributed by atoms with Gasteiger partial charge in [0.15, 0.2) is 0 Å². The molecular weight excluding hydrogens is 448 g/mol. The van der Waals surface area contributed by atoms with Crippen molar-refractivity contribution in [2.45, 2.75) is 31.6 Å². The fraction of sp³-hybridized carbons (Fsp3) is 0.444. The number of carboxylic acids is 1. The molecule has 1 fully saturated rings. The molecule has 35 heavy (non-hydrogen) atoms. The molecule has 1 saturated heterocycles. The smallest absolute Gasteiger partial charge is 0.407 e. The quantitative estimate of drug-likeness (QED) is 0.503. The summed E-state index contributed by atoms with van der Waals surface area (Å²) in [5.41, 5.74) is 4.70. The van der Waals surface area contributed by atoms with Gasteiger partial charge in [0, 0.05) is 32.0 Å². The zero-order chi connectivity index (χ0) is 24.6. The molecule has 0 saturated carbocycles. The molecule has 2 aliphatic rings. The number of carboxylic acid groups (broad SMARTS) is 1. The van der Waals surface area contributed by atoms with Gasteiger partial charge in [-0.25, -0.2) is 4.79 Å². The third-order valence-corrected chi connectivity index (χ3v) is 6.75. The van der Waals surface area contributed by atoms with Crippen LogP contribution in [0.4, 0.5) is 4.79 Å². The minimum atomic E-state index is -0.783. The highest BCUT2D eigenvalue weighted by Crippen LogP contribution is 2.44. The van der Waals surface area contributed by atoms with Crippen molar-refractivity contribution < 1.29 is 29.0 Å². The van der Waals surface area contributed by atoms with Gasteiger partial charge < -0.3 is 24.8 Å². The molecule has 4 rings (SSSR count). The first-order chi connectivity index (χ1) is 17.0. The average molecular weight is 481 g/mol. The molecule has 0 unspecified atom stereocenters. The van der Waals surface area contributed by atoms with E-state index in [2.05, 4.69) is 29.6 Å². The number of fused-ring (bicyclic) bond motifs is 3. The number of carbonyl (C=O) groups excluding carboxylic acids is 2. The number of piperidine rings is 1. The van der Waals surface area contributed by atoms with Crippen molar-refractivity contribution in [3.05, 3.63) is 59.7 Å². The van der Waals surface area contributed by atoms with E-state index in [9.17, 15) is 14.4 Å². The van der Waals surface area contributed by atoms with E-state index in [1.165, 1.54) is 22.3 Å². The Morgan fingerprint density at radius 2 is 1.57 bits per heavy atom. The van der Waals surface area contributed by atoms with Gasteiger partial charge >= 0.3 is 12.1 Å². The molecule has 8 nitrogen and oxygen atoms in total. The fourth-order valence-electron chi connectivity index (χ4n) is 4.93. The second-order valence-corrected chi connectivity index (χ2v) is 9.04. The summed E-state index contributed by atoms with van der Waals surface area (Å²) in [6.07, 6.45) is 1.40. The molecule has 2 aromatic carbocycles. The SMILES string of the molecule is O=C(O)CC1CCN(C(=O)CCOCCNC(=O)OCC2c3ccccc3-c3ccccc32)CC1. The van der Waals surface area contributed by atoms with E-state index < -0.39 is 12.1 Å². The number of aliphatic carboxylic acids is 1. The number of carbonyl (C=O) groups is 3. The van der Waals surface area contributed by atoms with Crippen molar-refractivity contribution in [2.75, 3.05) is 39.5 Å². The van der Waals surface area contributed by atoms with Crippen molar-refractivity contribution in [1.82, 2.24) is 10.2 Å². The minimum Gasteiger partial charge on any atom is -0.481 e. The van der Waals surface area contributed by atoms with E-state index >= 15 is 0 Å². The largest absolute Gasteiger partial charge is 0.481 e. The lowest BCUT2D eigenvalue weighted by molar-refractivity contribution is -0.138. The monoisotopic (exact) mass is 480 g/mol. The van der Waals surface area contributed by atoms with Gasteiger partial charge in [-0.05, 0) is 41.0 Å². The molecule has 1 aliphatic carbocycles. The number of ether oxygens (including phenoxy) is 2. The maximum Gasteiger partial charge on any atom is 0.407 e. The van der Waals surface area contributed by atoms with Gasteiger partial charge in [0.1, 0.15) is 6.61 Å². The zero-order valence-electron chi connectivity index (χ0n) is 19.8. The van der Waals surface area contributed by atoms with Crippen LogP contribution in [0.25, 0.3) is 11.1 Å². The summed E-state index contributed by atoms with van der Waals surface area (Å²) in [6.45, 7) is 2.32. The van der Waals surface area contributed by atoms with Crippen LogP contribution >= 0.6 is 0 Å². The summed E-state index contributed by atoms with van der Waals surface area (Å²) < 4.78 is 11.0. The van der Waals surface area contributed by atoms with E-state index in [4.69, 9.17) is 14.6 Å². The summed E-state index contributed by atoms with van der Waals surface area (Å²) in [5.74, 6) is -0.598. The highest BCUT2D eigenvalue weighted by Gasteiger charge is 2.29. The number of nitrogens with zero attached hydrogens (tertiary/aromatic N) is 1. The fourth-order valence-corrected chi connectivity index (χ4v) is 4.93. The Hall–Kier alpha value is -3.39. The summed E-state index contributed by atoms with van der Waals surface area (Å²) in [5, 5.41) is 11.6. The number of likely N-dealkylation sites (tertiary alicyclic amines) is 1. The molecule has 0 atom stereocenters. The number of nitrogens with one attached hydrogen (secondary N) is 1. The molecule has 1 heterocycles. The molecule has 0 bridgehead atoms. The standard InChI is InChI=1S/C27H32N2O6/c30-25(29-13-9-19(10-14-29)17-26(31)32)11-15-34-16-12-28-27(33)35-18-24-22-7-3-1-5-20(22)21-6-2-4-8-23(21)24/h1-8,19,24H,9-18H2,(H,28,33)(H,31,32). The van der Waals surface area contributed by atoms with Crippen LogP contribution in [0.15, 0.2) is 48.5 Å². The molecular formula is C27H32N2O6. The number of amides is 2. The number of rotatable bonds is 10. The lowest BCUT2D eigenvalue weighted by Gasteiger charge is -2.31. The Morgan fingerprint density at radius 1 is 0.943 bits per heavy atom. The number of benzene rings is 2. The van der Waals surface area contributed by atoms with Gasteiger partial charge in [-0.15, -0.1) is 0 Å². The molecule has 2 aromatic rings. The third kappa shape index (κ3) is 6.39. The van der Waals surface area contributed by atoms with Crippen LogP contribution in [0.5, 0.6) is 0 Å². The number of alkyl carbamates (subject to hydrolysis) is 1. The zero-order valence-corrected chi connectivity index (χ0v) is 19.8. The van der Waals surface area contributed by atoms with E-state index in [1.807, 2.05) is 24.3 Å². The molecule has 2 N–H and O–H groups in total. The van der Waals surface area contributed by atoms with Crippen molar-refractivity contribution in [3.63, 3.8) is 0 Å². The van der Waals surface area contributed by atoms with Crippen LogP contribution in [-0.2, 0) is 19.1 Å². The normalized spacial score (nSPS) is 15.4. The van der Waals surface area contributed by atoms with Gasteiger partial charge in [0.2, 0.25) is 5.91 Å². The summed E-state index contributed by atoms with van der Waals surface area (Å²) in [4.78, 5) is 37.1. The van der Waals surface area contributed by atoms with E-state index in [0.717, 1.165) is 12.8 Å².